The molecule has 0 unspecified atom stereocenters. The van der Waals surface area contributed by atoms with Gasteiger partial charge in [-0.1, -0.05) is 24.3 Å². The SMILES string of the molecule is Cc1cc(C)c([C@H](C)NC(=O)c2ccc(CN3CCOCC3)cc2)cc1C. The number of carbonyl (C=O) groups excluding carboxylic acids is 1. The van der Waals surface area contributed by atoms with E-state index in [1.54, 1.807) is 0 Å². The Kier molecular flexibility index (Phi) is 6.30. The van der Waals surface area contributed by atoms with Crippen LogP contribution in [0.25, 0.3) is 0 Å². The third-order valence-electron chi connectivity index (χ3n) is 5.42. The highest BCUT2D eigenvalue weighted by molar-refractivity contribution is 5.94. The van der Waals surface area contributed by atoms with E-state index in [4.69, 9.17) is 4.74 Å². The minimum Gasteiger partial charge on any atom is -0.379 e. The summed E-state index contributed by atoms with van der Waals surface area (Å²) in [7, 11) is 0. The average Bonchev–Trinajstić information content (AvgIpc) is 2.66. The lowest BCUT2D eigenvalue weighted by atomic mass is 9.96. The number of benzene rings is 2. The Bertz CT molecular complexity index is 793. The van der Waals surface area contributed by atoms with Crippen molar-refractivity contribution in [1.82, 2.24) is 10.2 Å². The molecule has 2 aromatic rings. The van der Waals surface area contributed by atoms with E-state index < -0.39 is 0 Å². The Hall–Kier alpha value is -2.17. The highest BCUT2D eigenvalue weighted by Crippen LogP contribution is 2.22. The summed E-state index contributed by atoms with van der Waals surface area (Å²) in [6, 6.07) is 12.3. The van der Waals surface area contributed by atoms with Gasteiger partial charge in [-0.2, -0.15) is 0 Å². The summed E-state index contributed by atoms with van der Waals surface area (Å²) < 4.78 is 5.39. The lowest BCUT2D eigenvalue weighted by molar-refractivity contribution is 0.0342. The number of aryl methyl sites for hydroxylation is 3. The van der Waals surface area contributed by atoms with Gasteiger partial charge in [0.25, 0.3) is 5.91 Å². The van der Waals surface area contributed by atoms with Gasteiger partial charge in [0, 0.05) is 25.2 Å². The first kappa shape index (κ1) is 19.6. The van der Waals surface area contributed by atoms with Crippen LogP contribution < -0.4 is 5.32 Å². The molecule has 0 aromatic heterocycles. The van der Waals surface area contributed by atoms with Gasteiger partial charge >= 0.3 is 0 Å². The third kappa shape index (κ3) is 4.96. The minimum absolute atomic E-state index is 0.0233. The molecule has 1 N–H and O–H groups in total. The van der Waals surface area contributed by atoms with E-state index in [0.717, 1.165) is 32.8 Å². The molecule has 4 heteroatoms. The molecular weight excluding hydrogens is 336 g/mol. The molecule has 144 valence electrons. The molecule has 27 heavy (non-hydrogen) atoms. The number of carbonyl (C=O) groups is 1. The van der Waals surface area contributed by atoms with Crippen LogP contribution >= 0.6 is 0 Å². The second-order valence-electron chi connectivity index (χ2n) is 7.57. The molecule has 1 amide bonds. The first-order valence-corrected chi connectivity index (χ1v) is 9.71. The number of amides is 1. The molecule has 4 nitrogen and oxygen atoms in total. The van der Waals surface area contributed by atoms with Crippen molar-refractivity contribution in [2.24, 2.45) is 0 Å². The number of morpholine rings is 1. The van der Waals surface area contributed by atoms with Crippen LogP contribution in [0, 0.1) is 20.8 Å². The van der Waals surface area contributed by atoms with Gasteiger partial charge in [0.05, 0.1) is 19.3 Å². The van der Waals surface area contributed by atoms with E-state index in [0.29, 0.717) is 5.56 Å². The topological polar surface area (TPSA) is 41.6 Å². The Balaban J connectivity index is 1.63. The summed E-state index contributed by atoms with van der Waals surface area (Å²) in [5.74, 6) is -0.0296. The van der Waals surface area contributed by atoms with Crippen molar-refractivity contribution >= 4 is 5.91 Å². The molecule has 1 aliphatic heterocycles. The van der Waals surface area contributed by atoms with Crippen LogP contribution in [-0.4, -0.2) is 37.1 Å². The van der Waals surface area contributed by atoms with Crippen molar-refractivity contribution in [2.45, 2.75) is 40.3 Å². The molecule has 1 fully saturated rings. The van der Waals surface area contributed by atoms with Crippen LogP contribution in [0.3, 0.4) is 0 Å². The van der Waals surface area contributed by atoms with Crippen molar-refractivity contribution in [1.29, 1.82) is 0 Å². The number of nitrogens with one attached hydrogen (secondary N) is 1. The zero-order valence-electron chi connectivity index (χ0n) is 16.8. The number of nitrogens with zero attached hydrogens (tertiary/aromatic N) is 1. The first-order chi connectivity index (χ1) is 12.9. The van der Waals surface area contributed by atoms with Gasteiger partial charge in [0.15, 0.2) is 0 Å². The molecule has 0 bridgehead atoms. The molecule has 3 rings (SSSR count). The molecule has 1 aliphatic rings. The Morgan fingerprint density at radius 2 is 1.67 bits per heavy atom. The Labute approximate surface area is 162 Å². The number of hydrogen-bond donors (Lipinski definition) is 1. The van der Waals surface area contributed by atoms with E-state index in [2.05, 4.69) is 55.3 Å². The zero-order chi connectivity index (χ0) is 19.4. The van der Waals surface area contributed by atoms with E-state index in [9.17, 15) is 4.79 Å². The lowest BCUT2D eigenvalue weighted by Crippen LogP contribution is -2.35. The van der Waals surface area contributed by atoms with Crippen molar-refractivity contribution in [3.63, 3.8) is 0 Å². The zero-order valence-corrected chi connectivity index (χ0v) is 16.8. The molecule has 0 aliphatic carbocycles. The largest absolute Gasteiger partial charge is 0.379 e. The fraction of sp³-hybridized carbons (Fsp3) is 0.435. The van der Waals surface area contributed by atoms with Crippen molar-refractivity contribution in [2.75, 3.05) is 26.3 Å². The molecule has 1 saturated heterocycles. The van der Waals surface area contributed by atoms with E-state index in [-0.39, 0.29) is 11.9 Å². The van der Waals surface area contributed by atoms with Crippen LogP contribution in [0.1, 0.15) is 51.1 Å². The van der Waals surface area contributed by atoms with Crippen molar-refractivity contribution in [3.05, 3.63) is 69.8 Å². The average molecular weight is 367 g/mol. The summed E-state index contributed by atoms with van der Waals surface area (Å²) in [4.78, 5) is 15.0. The second-order valence-corrected chi connectivity index (χ2v) is 7.57. The highest BCUT2D eigenvalue weighted by atomic mass is 16.5. The van der Waals surface area contributed by atoms with Crippen LogP contribution in [0.2, 0.25) is 0 Å². The monoisotopic (exact) mass is 366 g/mol. The van der Waals surface area contributed by atoms with Gasteiger partial charge in [-0.3, -0.25) is 9.69 Å². The van der Waals surface area contributed by atoms with Gasteiger partial charge in [0.2, 0.25) is 0 Å². The van der Waals surface area contributed by atoms with E-state index in [1.807, 2.05) is 19.1 Å². The van der Waals surface area contributed by atoms with Gasteiger partial charge in [-0.25, -0.2) is 0 Å². The van der Waals surface area contributed by atoms with Crippen molar-refractivity contribution < 1.29 is 9.53 Å². The molecule has 2 aromatic carbocycles. The quantitative estimate of drug-likeness (QED) is 0.872. The third-order valence-corrected chi connectivity index (χ3v) is 5.42. The Morgan fingerprint density at radius 1 is 1.04 bits per heavy atom. The van der Waals surface area contributed by atoms with E-state index >= 15 is 0 Å². The predicted octanol–water partition coefficient (Wildman–Crippen LogP) is 3.94. The summed E-state index contributed by atoms with van der Waals surface area (Å²) >= 11 is 0. The number of hydrogen-bond acceptors (Lipinski definition) is 3. The summed E-state index contributed by atoms with van der Waals surface area (Å²) in [5, 5.41) is 3.13. The molecule has 1 heterocycles. The van der Waals surface area contributed by atoms with Crippen molar-refractivity contribution in [3.8, 4) is 0 Å². The maximum absolute atomic E-state index is 12.7. The molecule has 0 spiro atoms. The summed E-state index contributed by atoms with van der Waals surface area (Å²) in [5.41, 5.74) is 6.86. The van der Waals surface area contributed by atoms with E-state index in [1.165, 1.54) is 27.8 Å². The van der Waals surface area contributed by atoms with Gasteiger partial charge in [0.1, 0.15) is 0 Å². The van der Waals surface area contributed by atoms with Gasteiger partial charge < -0.3 is 10.1 Å². The van der Waals surface area contributed by atoms with Crippen LogP contribution in [0.15, 0.2) is 36.4 Å². The normalized spacial score (nSPS) is 16.1. The fourth-order valence-corrected chi connectivity index (χ4v) is 3.59. The van der Waals surface area contributed by atoms with Crippen LogP contribution in [0.4, 0.5) is 0 Å². The standard InChI is InChI=1S/C23H30N2O2/c1-16-13-18(3)22(14-17(16)2)19(4)24-23(26)21-7-5-20(6-8-21)15-25-9-11-27-12-10-25/h5-8,13-14,19H,9-12,15H2,1-4H3,(H,24,26)/t19-/m0/s1. The number of rotatable bonds is 5. The summed E-state index contributed by atoms with van der Waals surface area (Å²) in [6.07, 6.45) is 0. The molecule has 0 radical (unpaired) electrons. The maximum atomic E-state index is 12.7. The maximum Gasteiger partial charge on any atom is 0.251 e. The Morgan fingerprint density at radius 3 is 2.33 bits per heavy atom. The highest BCUT2D eigenvalue weighted by Gasteiger charge is 2.15. The lowest BCUT2D eigenvalue weighted by Gasteiger charge is -2.26. The smallest absolute Gasteiger partial charge is 0.251 e. The summed E-state index contributed by atoms with van der Waals surface area (Å²) in [6.45, 7) is 12.8. The molecule has 1 atom stereocenters. The molecular formula is C23H30N2O2. The first-order valence-electron chi connectivity index (χ1n) is 9.71. The fourth-order valence-electron chi connectivity index (χ4n) is 3.59. The molecule has 0 saturated carbocycles. The van der Waals surface area contributed by atoms with Crippen LogP contribution in [-0.2, 0) is 11.3 Å². The van der Waals surface area contributed by atoms with Crippen LogP contribution in [0.5, 0.6) is 0 Å². The second kappa shape index (κ2) is 8.68. The van der Waals surface area contributed by atoms with Gasteiger partial charge in [-0.15, -0.1) is 0 Å². The number of ether oxygens (including phenoxy) is 1. The van der Waals surface area contributed by atoms with Gasteiger partial charge in [-0.05, 0) is 67.6 Å². The minimum atomic E-state index is -0.0296. The predicted molar refractivity (Wildman–Crippen MR) is 109 cm³/mol.